The average molecular weight is 276 g/mol. The highest BCUT2D eigenvalue weighted by atomic mass is 35.5. The van der Waals surface area contributed by atoms with E-state index in [9.17, 15) is 0 Å². The number of nitrogens with one attached hydrogen (secondary N) is 1. The Kier molecular flexibility index (Phi) is 7.24. The summed E-state index contributed by atoms with van der Waals surface area (Å²) in [6.45, 7) is 7.71. The van der Waals surface area contributed by atoms with Gasteiger partial charge in [0.2, 0.25) is 0 Å². The Morgan fingerprint density at radius 3 is 2.26 bits per heavy atom. The number of halogens is 1. The van der Waals surface area contributed by atoms with Gasteiger partial charge >= 0.3 is 0 Å². The third-order valence-electron chi connectivity index (χ3n) is 2.70. The van der Waals surface area contributed by atoms with Gasteiger partial charge in [-0.05, 0) is 29.7 Å². The average Bonchev–Trinajstić information content (AvgIpc) is 2.45. The van der Waals surface area contributed by atoms with Crippen LogP contribution in [0.15, 0.2) is 48.5 Å². The van der Waals surface area contributed by atoms with Gasteiger partial charge in [-0.25, -0.2) is 0 Å². The van der Waals surface area contributed by atoms with Crippen LogP contribution in [0.25, 0.3) is 0 Å². The fourth-order valence-electron chi connectivity index (χ4n) is 1.73. The van der Waals surface area contributed by atoms with Crippen molar-refractivity contribution in [2.45, 2.75) is 33.9 Å². The summed E-state index contributed by atoms with van der Waals surface area (Å²) in [7, 11) is 0. The van der Waals surface area contributed by atoms with Gasteiger partial charge in [-0.1, -0.05) is 67.9 Å². The predicted molar refractivity (Wildman–Crippen MR) is 84.5 cm³/mol. The van der Waals surface area contributed by atoms with Gasteiger partial charge in [0.1, 0.15) is 0 Å². The highest BCUT2D eigenvalue weighted by Gasteiger charge is 1.99. The van der Waals surface area contributed by atoms with Crippen LogP contribution in [0, 0.1) is 6.92 Å². The van der Waals surface area contributed by atoms with E-state index in [1.54, 1.807) is 0 Å². The van der Waals surface area contributed by atoms with Gasteiger partial charge in [0.25, 0.3) is 0 Å². The Morgan fingerprint density at radius 1 is 0.947 bits per heavy atom. The van der Waals surface area contributed by atoms with Crippen molar-refractivity contribution in [1.82, 2.24) is 5.32 Å². The quantitative estimate of drug-likeness (QED) is 0.831. The summed E-state index contributed by atoms with van der Waals surface area (Å²) in [5, 5.41) is 4.23. The smallest absolute Gasteiger partial charge is 0.0453 e. The molecule has 1 N–H and O–H groups in total. The van der Waals surface area contributed by atoms with Gasteiger partial charge in [-0.15, -0.1) is 0 Å². The number of rotatable bonds is 4. The molecular weight excluding hydrogens is 254 g/mol. The van der Waals surface area contributed by atoms with Crippen molar-refractivity contribution in [3.05, 3.63) is 70.2 Å². The normalized spacial score (nSPS) is 9.68. The molecule has 102 valence electrons. The van der Waals surface area contributed by atoms with Crippen molar-refractivity contribution < 1.29 is 0 Å². The molecule has 0 bridgehead atoms. The molecular formula is C17H22ClN. The SMILES string of the molecule is CC.Cc1ccc(CNCc2ccccc2)c(Cl)c1. The van der Waals surface area contributed by atoms with E-state index >= 15 is 0 Å². The van der Waals surface area contributed by atoms with Crippen molar-refractivity contribution in [3.63, 3.8) is 0 Å². The minimum absolute atomic E-state index is 0.800. The van der Waals surface area contributed by atoms with E-state index in [0.29, 0.717) is 0 Å². The molecule has 0 fully saturated rings. The fraction of sp³-hybridized carbons (Fsp3) is 0.294. The molecule has 0 aliphatic heterocycles. The van der Waals surface area contributed by atoms with Crippen LogP contribution in [-0.4, -0.2) is 0 Å². The number of benzene rings is 2. The summed E-state index contributed by atoms with van der Waals surface area (Å²) in [4.78, 5) is 0. The lowest BCUT2D eigenvalue weighted by Gasteiger charge is -2.07. The van der Waals surface area contributed by atoms with E-state index in [1.165, 1.54) is 11.1 Å². The van der Waals surface area contributed by atoms with Crippen LogP contribution in [0.1, 0.15) is 30.5 Å². The molecule has 0 aliphatic carbocycles. The van der Waals surface area contributed by atoms with Gasteiger partial charge in [0, 0.05) is 18.1 Å². The van der Waals surface area contributed by atoms with Crippen LogP contribution in [0.3, 0.4) is 0 Å². The highest BCUT2D eigenvalue weighted by Crippen LogP contribution is 2.17. The molecule has 0 saturated carbocycles. The second-order valence-corrected chi connectivity index (χ2v) is 4.59. The summed E-state index contributed by atoms with van der Waals surface area (Å²) in [6.07, 6.45) is 0. The predicted octanol–water partition coefficient (Wildman–Crippen LogP) is 4.96. The summed E-state index contributed by atoms with van der Waals surface area (Å²) in [5.41, 5.74) is 3.63. The van der Waals surface area contributed by atoms with Crippen LogP contribution in [0.2, 0.25) is 5.02 Å². The third-order valence-corrected chi connectivity index (χ3v) is 3.05. The second-order valence-electron chi connectivity index (χ2n) is 4.18. The van der Waals surface area contributed by atoms with E-state index in [2.05, 4.69) is 41.7 Å². The fourth-order valence-corrected chi connectivity index (χ4v) is 2.03. The monoisotopic (exact) mass is 275 g/mol. The molecule has 0 aromatic heterocycles. The molecule has 2 aromatic rings. The molecule has 0 aliphatic rings. The van der Waals surface area contributed by atoms with Gasteiger partial charge in [-0.2, -0.15) is 0 Å². The molecule has 0 atom stereocenters. The first-order valence-corrected chi connectivity index (χ1v) is 7.13. The van der Waals surface area contributed by atoms with Crippen molar-refractivity contribution >= 4 is 11.6 Å². The first kappa shape index (κ1) is 15.7. The van der Waals surface area contributed by atoms with Crippen LogP contribution < -0.4 is 5.32 Å². The lowest BCUT2D eigenvalue weighted by Crippen LogP contribution is -2.12. The molecule has 0 amide bonds. The molecule has 0 radical (unpaired) electrons. The molecule has 0 heterocycles. The van der Waals surface area contributed by atoms with Gasteiger partial charge in [0.05, 0.1) is 0 Å². The molecule has 0 unspecified atom stereocenters. The summed E-state index contributed by atoms with van der Waals surface area (Å²) in [5.74, 6) is 0. The molecule has 0 spiro atoms. The van der Waals surface area contributed by atoms with Crippen LogP contribution in [0.5, 0.6) is 0 Å². The Bertz CT molecular complexity index is 480. The largest absolute Gasteiger partial charge is 0.309 e. The van der Waals surface area contributed by atoms with Crippen molar-refractivity contribution in [2.75, 3.05) is 0 Å². The van der Waals surface area contributed by atoms with E-state index in [4.69, 9.17) is 11.6 Å². The molecule has 1 nitrogen and oxygen atoms in total. The summed E-state index contributed by atoms with van der Waals surface area (Å²) < 4.78 is 0. The second kappa shape index (κ2) is 8.73. The zero-order chi connectivity index (χ0) is 14.1. The molecule has 2 rings (SSSR count). The minimum atomic E-state index is 0.800. The van der Waals surface area contributed by atoms with Crippen LogP contribution in [0.4, 0.5) is 0 Å². The first-order valence-electron chi connectivity index (χ1n) is 6.75. The van der Waals surface area contributed by atoms with Crippen LogP contribution in [-0.2, 0) is 13.1 Å². The number of hydrogen-bond acceptors (Lipinski definition) is 1. The lowest BCUT2D eigenvalue weighted by molar-refractivity contribution is 0.693. The van der Waals surface area contributed by atoms with Crippen molar-refractivity contribution in [3.8, 4) is 0 Å². The minimum Gasteiger partial charge on any atom is -0.309 e. The Morgan fingerprint density at radius 2 is 1.63 bits per heavy atom. The van der Waals surface area contributed by atoms with Crippen molar-refractivity contribution in [1.29, 1.82) is 0 Å². The molecule has 2 heteroatoms. The van der Waals surface area contributed by atoms with E-state index in [0.717, 1.165) is 23.7 Å². The van der Waals surface area contributed by atoms with Crippen molar-refractivity contribution in [2.24, 2.45) is 0 Å². The lowest BCUT2D eigenvalue weighted by atomic mass is 10.1. The van der Waals surface area contributed by atoms with Gasteiger partial charge in [-0.3, -0.25) is 0 Å². The molecule has 0 saturated heterocycles. The third kappa shape index (κ3) is 5.46. The maximum absolute atomic E-state index is 6.17. The Balaban J connectivity index is 0.000000861. The molecule has 2 aromatic carbocycles. The topological polar surface area (TPSA) is 12.0 Å². The van der Waals surface area contributed by atoms with E-state index in [-0.39, 0.29) is 0 Å². The first-order chi connectivity index (χ1) is 9.25. The number of aryl methyl sites for hydroxylation is 1. The van der Waals surface area contributed by atoms with Crippen LogP contribution >= 0.6 is 11.6 Å². The van der Waals surface area contributed by atoms with E-state index < -0.39 is 0 Å². The zero-order valence-electron chi connectivity index (χ0n) is 11.9. The summed E-state index contributed by atoms with van der Waals surface area (Å²) >= 11 is 6.17. The number of hydrogen-bond donors (Lipinski definition) is 1. The van der Waals surface area contributed by atoms with Gasteiger partial charge < -0.3 is 5.32 Å². The Labute approximate surface area is 121 Å². The molecule has 19 heavy (non-hydrogen) atoms. The van der Waals surface area contributed by atoms with E-state index in [1.807, 2.05) is 32.9 Å². The maximum Gasteiger partial charge on any atom is 0.0453 e. The zero-order valence-corrected chi connectivity index (χ0v) is 12.7. The summed E-state index contributed by atoms with van der Waals surface area (Å²) in [6, 6.07) is 16.5. The van der Waals surface area contributed by atoms with Gasteiger partial charge in [0.15, 0.2) is 0 Å². The maximum atomic E-state index is 6.17. The Hall–Kier alpha value is -1.31. The highest BCUT2D eigenvalue weighted by molar-refractivity contribution is 6.31. The standard InChI is InChI=1S/C15H16ClN.C2H6/c1-12-7-8-14(15(16)9-12)11-17-10-13-5-3-2-4-6-13;1-2/h2-9,17H,10-11H2,1H3;1-2H3.